The van der Waals surface area contributed by atoms with Crippen molar-refractivity contribution in [1.82, 2.24) is 19.7 Å². The molecule has 2 aromatic rings. The molecule has 1 fully saturated rings. The van der Waals surface area contributed by atoms with E-state index in [2.05, 4.69) is 16.8 Å². The molecule has 150 valence electrons. The predicted molar refractivity (Wildman–Crippen MR) is 113 cm³/mol. The first kappa shape index (κ1) is 20.5. The maximum atomic E-state index is 12.6. The summed E-state index contributed by atoms with van der Waals surface area (Å²) in [5, 5.41) is 9.41. The maximum Gasteiger partial charge on any atom is 0.233 e. The second-order valence-corrected chi connectivity index (χ2v) is 7.96. The molecule has 3 rings (SSSR count). The second kappa shape index (κ2) is 9.78. The highest BCUT2D eigenvalue weighted by molar-refractivity contribution is 7.99. The third-order valence-corrected chi connectivity index (χ3v) is 6.17. The first-order chi connectivity index (χ1) is 13.6. The summed E-state index contributed by atoms with van der Waals surface area (Å²) in [6, 6.07) is 8.09. The molecule has 1 saturated carbocycles. The Morgan fingerprint density at radius 3 is 2.64 bits per heavy atom. The van der Waals surface area contributed by atoms with E-state index in [0.29, 0.717) is 18.3 Å². The van der Waals surface area contributed by atoms with Gasteiger partial charge in [-0.1, -0.05) is 37.1 Å². The van der Waals surface area contributed by atoms with Gasteiger partial charge in [-0.05, 0) is 37.1 Å². The van der Waals surface area contributed by atoms with Gasteiger partial charge in [0.1, 0.15) is 5.75 Å². The van der Waals surface area contributed by atoms with Gasteiger partial charge in [0.2, 0.25) is 5.91 Å². The lowest BCUT2D eigenvalue weighted by Crippen LogP contribution is -2.39. The molecule has 1 amide bonds. The van der Waals surface area contributed by atoms with Crippen LogP contribution in [0.2, 0.25) is 0 Å². The molecule has 0 bridgehead atoms. The van der Waals surface area contributed by atoms with Gasteiger partial charge >= 0.3 is 0 Å². The third-order valence-electron chi connectivity index (χ3n) is 5.22. The summed E-state index contributed by atoms with van der Waals surface area (Å²) in [6.07, 6.45) is 7.76. The summed E-state index contributed by atoms with van der Waals surface area (Å²) in [4.78, 5) is 14.6. The Kier molecular flexibility index (Phi) is 7.14. The van der Waals surface area contributed by atoms with Crippen LogP contribution in [0.5, 0.6) is 5.75 Å². The van der Waals surface area contributed by atoms with E-state index in [9.17, 15) is 4.79 Å². The van der Waals surface area contributed by atoms with Crippen LogP contribution in [0, 0.1) is 0 Å². The van der Waals surface area contributed by atoms with Crippen molar-refractivity contribution in [1.29, 1.82) is 0 Å². The zero-order valence-electron chi connectivity index (χ0n) is 16.6. The minimum atomic E-state index is 0.149. The Balaban J connectivity index is 1.70. The van der Waals surface area contributed by atoms with Crippen molar-refractivity contribution < 1.29 is 9.53 Å². The van der Waals surface area contributed by atoms with Crippen LogP contribution in [0.25, 0.3) is 11.4 Å². The van der Waals surface area contributed by atoms with E-state index < -0.39 is 0 Å². The van der Waals surface area contributed by atoms with Crippen molar-refractivity contribution in [2.75, 3.05) is 19.9 Å². The molecule has 6 nitrogen and oxygen atoms in total. The highest BCUT2D eigenvalue weighted by Gasteiger charge is 2.23. The first-order valence-corrected chi connectivity index (χ1v) is 10.7. The Morgan fingerprint density at radius 2 is 2.00 bits per heavy atom. The van der Waals surface area contributed by atoms with Crippen LogP contribution in [0.4, 0.5) is 0 Å². The Bertz CT molecular complexity index is 797. The standard InChI is InChI=1S/C21H28N4O2S/c1-4-14-25-20(16-10-12-18(27-3)13-11-16)22-23-21(25)28-15-19(26)24(2)17-8-6-5-7-9-17/h4,10-13,17H,1,5-9,14-15H2,2-3H3. The largest absolute Gasteiger partial charge is 0.497 e. The Morgan fingerprint density at radius 1 is 1.29 bits per heavy atom. The number of hydrogen-bond acceptors (Lipinski definition) is 5. The molecule has 0 N–H and O–H groups in total. The average molecular weight is 401 g/mol. The normalized spacial score (nSPS) is 14.6. The summed E-state index contributed by atoms with van der Waals surface area (Å²) >= 11 is 1.44. The SMILES string of the molecule is C=CCn1c(SCC(=O)N(C)C2CCCCC2)nnc1-c1ccc(OC)cc1. The van der Waals surface area contributed by atoms with Crippen LogP contribution < -0.4 is 4.74 Å². The summed E-state index contributed by atoms with van der Waals surface area (Å²) in [5.41, 5.74) is 0.952. The fourth-order valence-electron chi connectivity index (χ4n) is 3.54. The summed E-state index contributed by atoms with van der Waals surface area (Å²) in [6.45, 7) is 4.43. The quantitative estimate of drug-likeness (QED) is 0.495. The molecule has 0 radical (unpaired) electrons. The number of rotatable bonds is 8. The second-order valence-electron chi connectivity index (χ2n) is 7.02. The zero-order chi connectivity index (χ0) is 19.9. The van der Waals surface area contributed by atoms with Crippen LogP contribution in [0.1, 0.15) is 32.1 Å². The lowest BCUT2D eigenvalue weighted by atomic mass is 9.94. The number of amides is 1. The fourth-order valence-corrected chi connectivity index (χ4v) is 4.41. The van der Waals surface area contributed by atoms with Gasteiger partial charge in [-0.3, -0.25) is 9.36 Å². The Hall–Kier alpha value is -2.28. The van der Waals surface area contributed by atoms with Crippen molar-refractivity contribution in [3.05, 3.63) is 36.9 Å². The fraction of sp³-hybridized carbons (Fsp3) is 0.476. The molecule has 0 aliphatic heterocycles. The molecule has 1 aromatic carbocycles. The summed E-state index contributed by atoms with van der Waals surface area (Å²) in [7, 11) is 3.57. The van der Waals surface area contributed by atoms with E-state index in [4.69, 9.17) is 4.74 Å². The number of carbonyl (C=O) groups is 1. The molecule has 0 atom stereocenters. The van der Waals surface area contributed by atoms with Gasteiger partial charge in [-0.15, -0.1) is 16.8 Å². The molecule has 28 heavy (non-hydrogen) atoms. The van der Waals surface area contributed by atoms with Gasteiger partial charge in [0.15, 0.2) is 11.0 Å². The van der Waals surface area contributed by atoms with E-state index >= 15 is 0 Å². The molecular weight excluding hydrogens is 372 g/mol. The lowest BCUT2D eigenvalue weighted by Gasteiger charge is -2.31. The molecule has 1 heterocycles. The topological polar surface area (TPSA) is 60.2 Å². The number of carbonyl (C=O) groups excluding carboxylic acids is 1. The van der Waals surface area contributed by atoms with Crippen LogP contribution in [-0.4, -0.2) is 51.5 Å². The molecule has 1 aliphatic rings. The molecule has 1 aliphatic carbocycles. The number of methoxy groups -OCH3 is 1. The van der Waals surface area contributed by atoms with E-state index in [1.165, 1.54) is 31.0 Å². The van der Waals surface area contributed by atoms with E-state index in [-0.39, 0.29) is 5.91 Å². The van der Waals surface area contributed by atoms with Gasteiger partial charge in [0, 0.05) is 25.2 Å². The number of aromatic nitrogens is 3. The van der Waals surface area contributed by atoms with Crippen molar-refractivity contribution in [2.45, 2.75) is 49.8 Å². The molecule has 0 saturated heterocycles. The van der Waals surface area contributed by atoms with Crippen LogP contribution >= 0.6 is 11.8 Å². The predicted octanol–water partition coefficient (Wildman–Crippen LogP) is 4.02. The van der Waals surface area contributed by atoms with E-state index in [1.807, 2.05) is 46.9 Å². The minimum absolute atomic E-state index is 0.149. The van der Waals surface area contributed by atoms with Crippen LogP contribution in [0.15, 0.2) is 42.1 Å². The maximum absolute atomic E-state index is 12.6. The van der Waals surface area contributed by atoms with Gasteiger partial charge in [-0.2, -0.15) is 0 Å². The van der Waals surface area contributed by atoms with Gasteiger partial charge in [-0.25, -0.2) is 0 Å². The highest BCUT2D eigenvalue weighted by Crippen LogP contribution is 2.27. The molecule has 0 unspecified atom stereocenters. The molecular formula is C21H28N4O2S. The third kappa shape index (κ3) is 4.76. The van der Waals surface area contributed by atoms with Gasteiger partial charge in [0.05, 0.1) is 12.9 Å². The Labute approximate surface area is 171 Å². The van der Waals surface area contributed by atoms with Crippen LogP contribution in [-0.2, 0) is 11.3 Å². The number of ether oxygens (including phenoxy) is 1. The summed E-state index contributed by atoms with van der Waals surface area (Å²) in [5.74, 6) is 2.07. The highest BCUT2D eigenvalue weighted by atomic mass is 32.2. The first-order valence-electron chi connectivity index (χ1n) is 9.71. The smallest absolute Gasteiger partial charge is 0.233 e. The summed E-state index contributed by atoms with van der Waals surface area (Å²) < 4.78 is 7.21. The molecule has 0 spiro atoms. The number of nitrogens with zero attached hydrogens (tertiary/aromatic N) is 4. The molecule has 7 heteroatoms. The van der Waals surface area contributed by atoms with Crippen LogP contribution in [0.3, 0.4) is 0 Å². The number of benzene rings is 1. The number of hydrogen-bond donors (Lipinski definition) is 0. The van der Waals surface area contributed by atoms with Gasteiger partial charge in [0.25, 0.3) is 0 Å². The van der Waals surface area contributed by atoms with Crippen molar-refractivity contribution in [3.63, 3.8) is 0 Å². The van der Waals surface area contributed by atoms with Crippen molar-refractivity contribution in [2.24, 2.45) is 0 Å². The van der Waals surface area contributed by atoms with Gasteiger partial charge < -0.3 is 9.64 Å². The lowest BCUT2D eigenvalue weighted by molar-refractivity contribution is -0.129. The minimum Gasteiger partial charge on any atom is -0.497 e. The average Bonchev–Trinajstić information content (AvgIpc) is 3.15. The van der Waals surface area contributed by atoms with Crippen molar-refractivity contribution >= 4 is 17.7 Å². The molecule has 1 aromatic heterocycles. The van der Waals surface area contributed by atoms with Crippen molar-refractivity contribution in [3.8, 4) is 17.1 Å². The van der Waals surface area contributed by atoms with E-state index in [0.717, 1.165) is 35.1 Å². The number of allylic oxidation sites excluding steroid dienone is 1. The zero-order valence-corrected chi connectivity index (χ0v) is 17.5. The number of thioether (sulfide) groups is 1. The monoisotopic (exact) mass is 400 g/mol. The van der Waals surface area contributed by atoms with E-state index in [1.54, 1.807) is 7.11 Å².